The molecule has 0 spiro atoms. The quantitative estimate of drug-likeness (QED) is 0.677. The maximum Gasteiger partial charge on any atom is 0.307 e. The molecule has 0 saturated carbocycles. The molecule has 1 rings (SSSR count). The highest BCUT2D eigenvalue weighted by Crippen LogP contribution is 2.27. The molecule has 0 atom stereocenters. The van der Waals surface area contributed by atoms with Crippen LogP contribution in [0, 0.1) is 15.0 Å². The Morgan fingerprint density at radius 2 is 2.31 bits per heavy atom. The Labute approximate surface area is 103 Å². The van der Waals surface area contributed by atoms with Crippen LogP contribution in [0.3, 0.4) is 0 Å². The molecular formula is C9H5F2IN2O2. The number of nitriles is 1. The second kappa shape index (κ2) is 5.16. The van der Waals surface area contributed by atoms with Crippen molar-refractivity contribution in [3.05, 3.63) is 26.6 Å². The minimum absolute atomic E-state index is 0.0390. The van der Waals surface area contributed by atoms with Crippen molar-refractivity contribution in [3.63, 3.8) is 0 Å². The van der Waals surface area contributed by atoms with Gasteiger partial charge in [0.2, 0.25) is 0 Å². The second-order valence-corrected chi connectivity index (χ2v) is 3.88. The molecule has 0 aliphatic carbocycles. The van der Waals surface area contributed by atoms with Gasteiger partial charge in [0, 0.05) is 0 Å². The largest absolute Gasteiger partial charge is 0.481 e. The molecule has 0 aromatic carbocycles. The Balaban J connectivity index is 3.35. The topological polar surface area (TPSA) is 74.0 Å². The lowest BCUT2D eigenvalue weighted by atomic mass is 10.1. The van der Waals surface area contributed by atoms with Crippen molar-refractivity contribution in [1.82, 2.24) is 4.98 Å². The zero-order valence-corrected chi connectivity index (χ0v) is 9.90. The van der Waals surface area contributed by atoms with Crippen LogP contribution < -0.4 is 0 Å². The molecule has 84 valence electrons. The molecule has 0 fully saturated rings. The molecule has 0 saturated heterocycles. The number of aliphatic carboxylic acids is 1. The highest BCUT2D eigenvalue weighted by atomic mass is 127. The zero-order valence-electron chi connectivity index (χ0n) is 7.75. The van der Waals surface area contributed by atoms with Crippen molar-refractivity contribution in [3.8, 4) is 6.07 Å². The van der Waals surface area contributed by atoms with Gasteiger partial charge in [0.15, 0.2) is 0 Å². The van der Waals surface area contributed by atoms with Crippen LogP contribution in [-0.2, 0) is 11.2 Å². The lowest BCUT2D eigenvalue weighted by molar-refractivity contribution is -0.136. The van der Waals surface area contributed by atoms with E-state index < -0.39 is 24.4 Å². The zero-order chi connectivity index (χ0) is 12.3. The summed E-state index contributed by atoms with van der Waals surface area (Å²) in [4.78, 5) is 14.1. The number of rotatable bonds is 3. The fourth-order valence-corrected chi connectivity index (χ4v) is 2.01. The number of halogens is 3. The van der Waals surface area contributed by atoms with Gasteiger partial charge >= 0.3 is 5.97 Å². The van der Waals surface area contributed by atoms with E-state index in [4.69, 9.17) is 10.4 Å². The van der Waals surface area contributed by atoms with Gasteiger partial charge in [0.25, 0.3) is 6.43 Å². The van der Waals surface area contributed by atoms with E-state index in [-0.39, 0.29) is 15.0 Å². The van der Waals surface area contributed by atoms with Crippen molar-refractivity contribution in [2.45, 2.75) is 12.8 Å². The summed E-state index contributed by atoms with van der Waals surface area (Å²) < 4.78 is 25.3. The number of aromatic nitrogens is 1. The lowest BCUT2D eigenvalue weighted by Crippen LogP contribution is -2.08. The molecule has 0 radical (unpaired) electrons. The number of hydrogen-bond acceptors (Lipinski definition) is 3. The Kier molecular flexibility index (Phi) is 4.12. The summed E-state index contributed by atoms with van der Waals surface area (Å²) in [5.41, 5.74) is -0.550. The number of carbonyl (C=O) groups is 1. The van der Waals surface area contributed by atoms with E-state index in [2.05, 4.69) is 4.98 Å². The average Bonchev–Trinajstić information content (AvgIpc) is 2.14. The normalized spacial score (nSPS) is 10.2. The van der Waals surface area contributed by atoms with Gasteiger partial charge in [-0.3, -0.25) is 4.79 Å². The van der Waals surface area contributed by atoms with E-state index in [1.807, 2.05) is 0 Å². The first-order valence-corrected chi connectivity index (χ1v) is 5.13. The maximum atomic E-state index is 12.7. The molecule has 1 N–H and O–H groups in total. The number of hydrogen-bond donors (Lipinski definition) is 1. The van der Waals surface area contributed by atoms with Gasteiger partial charge in [-0.05, 0) is 34.2 Å². The minimum Gasteiger partial charge on any atom is -0.481 e. The number of carboxylic acids is 1. The van der Waals surface area contributed by atoms with Crippen LogP contribution in [0.1, 0.15) is 23.2 Å². The van der Waals surface area contributed by atoms with E-state index in [9.17, 15) is 13.6 Å². The molecule has 0 bridgehead atoms. The van der Waals surface area contributed by atoms with Crippen LogP contribution >= 0.6 is 22.6 Å². The third-order valence-electron chi connectivity index (χ3n) is 1.77. The lowest BCUT2D eigenvalue weighted by Gasteiger charge is -2.08. The highest BCUT2D eigenvalue weighted by molar-refractivity contribution is 14.1. The number of nitrogens with zero attached hydrogens (tertiary/aromatic N) is 2. The summed E-state index contributed by atoms with van der Waals surface area (Å²) in [5, 5.41) is 17.2. The number of carboxylic acid groups (broad SMARTS) is 1. The second-order valence-electron chi connectivity index (χ2n) is 2.85. The molecule has 0 amide bonds. The van der Waals surface area contributed by atoms with Crippen LogP contribution in [0.25, 0.3) is 0 Å². The van der Waals surface area contributed by atoms with Gasteiger partial charge in [0.1, 0.15) is 15.5 Å². The van der Waals surface area contributed by atoms with Gasteiger partial charge < -0.3 is 5.11 Å². The molecule has 16 heavy (non-hydrogen) atoms. The Hall–Kier alpha value is -1.30. The van der Waals surface area contributed by atoms with Crippen LogP contribution in [0.15, 0.2) is 6.07 Å². The van der Waals surface area contributed by atoms with Crippen molar-refractivity contribution < 1.29 is 18.7 Å². The van der Waals surface area contributed by atoms with Gasteiger partial charge in [0.05, 0.1) is 12.0 Å². The van der Waals surface area contributed by atoms with Crippen molar-refractivity contribution >= 4 is 28.6 Å². The van der Waals surface area contributed by atoms with E-state index in [0.29, 0.717) is 0 Å². The SMILES string of the molecule is N#Cc1cc(CC(=O)O)c(C(F)F)c(I)n1. The fourth-order valence-electron chi connectivity index (χ4n) is 1.17. The molecule has 1 aromatic heterocycles. The smallest absolute Gasteiger partial charge is 0.307 e. The van der Waals surface area contributed by atoms with Crippen LogP contribution in [0.4, 0.5) is 8.78 Å². The number of pyridine rings is 1. The summed E-state index contributed by atoms with van der Waals surface area (Å²) in [5.74, 6) is -1.23. The third kappa shape index (κ3) is 2.85. The Morgan fingerprint density at radius 3 is 2.75 bits per heavy atom. The van der Waals surface area contributed by atoms with E-state index in [0.717, 1.165) is 6.07 Å². The van der Waals surface area contributed by atoms with Gasteiger partial charge in [-0.25, -0.2) is 13.8 Å². The monoisotopic (exact) mass is 338 g/mol. The van der Waals surface area contributed by atoms with Gasteiger partial charge in [-0.1, -0.05) is 0 Å². The van der Waals surface area contributed by atoms with Gasteiger partial charge in [-0.2, -0.15) is 5.26 Å². The molecule has 0 aliphatic heterocycles. The number of alkyl halides is 2. The standard InChI is InChI=1S/C9H5F2IN2O2/c10-8(11)7-4(2-6(15)16)1-5(3-13)14-9(7)12/h1,8H,2H2,(H,15,16). The molecule has 0 unspecified atom stereocenters. The van der Waals surface area contributed by atoms with Crippen molar-refractivity contribution in [2.75, 3.05) is 0 Å². The van der Waals surface area contributed by atoms with E-state index in [1.165, 1.54) is 0 Å². The Bertz CT molecular complexity index is 471. The molecule has 7 heteroatoms. The first-order chi connectivity index (χ1) is 7.45. The summed E-state index contributed by atoms with van der Waals surface area (Å²) >= 11 is 1.56. The highest BCUT2D eigenvalue weighted by Gasteiger charge is 2.20. The minimum atomic E-state index is -2.80. The molecule has 1 aromatic rings. The summed E-state index contributed by atoms with van der Waals surface area (Å²) in [6.45, 7) is 0. The molecule has 4 nitrogen and oxygen atoms in total. The Morgan fingerprint density at radius 1 is 1.69 bits per heavy atom. The van der Waals surface area contributed by atoms with E-state index >= 15 is 0 Å². The van der Waals surface area contributed by atoms with Gasteiger partial charge in [-0.15, -0.1) is 0 Å². The predicted molar refractivity (Wildman–Crippen MR) is 58.0 cm³/mol. The van der Waals surface area contributed by atoms with Crippen LogP contribution in [0.5, 0.6) is 0 Å². The summed E-state index contributed by atoms with van der Waals surface area (Å²) in [6, 6.07) is 2.77. The summed E-state index contributed by atoms with van der Waals surface area (Å²) in [7, 11) is 0. The van der Waals surface area contributed by atoms with E-state index in [1.54, 1.807) is 28.7 Å². The predicted octanol–water partition coefficient (Wildman–Crippen LogP) is 2.12. The van der Waals surface area contributed by atoms with Crippen LogP contribution in [0.2, 0.25) is 0 Å². The molecule has 1 heterocycles. The molecular weight excluding hydrogens is 333 g/mol. The fraction of sp³-hybridized carbons (Fsp3) is 0.222. The first kappa shape index (κ1) is 12.8. The molecule has 0 aliphatic rings. The summed E-state index contributed by atoms with van der Waals surface area (Å²) in [6.07, 6.45) is -3.35. The maximum absolute atomic E-state index is 12.7. The first-order valence-electron chi connectivity index (χ1n) is 4.05. The van der Waals surface area contributed by atoms with Crippen LogP contribution in [-0.4, -0.2) is 16.1 Å². The third-order valence-corrected chi connectivity index (χ3v) is 2.59. The van der Waals surface area contributed by atoms with Crippen molar-refractivity contribution in [1.29, 1.82) is 5.26 Å². The average molecular weight is 338 g/mol. The van der Waals surface area contributed by atoms with Crippen molar-refractivity contribution in [2.24, 2.45) is 0 Å².